The maximum absolute atomic E-state index is 5.59. The lowest BCUT2D eigenvalue weighted by molar-refractivity contribution is 1.56. The van der Waals surface area contributed by atoms with Crippen LogP contribution in [0.1, 0.15) is 22.3 Å². The van der Waals surface area contributed by atoms with Crippen molar-refractivity contribution in [2.24, 2.45) is 0 Å². The zero-order chi connectivity index (χ0) is 25.5. The number of terminal acetylenes is 2. The fourth-order valence-electron chi connectivity index (χ4n) is 5.25. The van der Waals surface area contributed by atoms with E-state index in [0.29, 0.717) is 0 Å². The van der Waals surface area contributed by atoms with Gasteiger partial charge >= 0.3 is 0 Å². The van der Waals surface area contributed by atoms with Crippen LogP contribution in [-0.4, -0.2) is 6.15 Å². The molecule has 5 aromatic rings. The van der Waals surface area contributed by atoms with E-state index in [1.165, 1.54) is 21.9 Å². The van der Waals surface area contributed by atoms with Crippen molar-refractivity contribution < 1.29 is 0 Å². The molecule has 0 aromatic heterocycles. The van der Waals surface area contributed by atoms with Crippen LogP contribution in [0.4, 0.5) is 0 Å². The highest BCUT2D eigenvalue weighted by Gasteiger charge is 2.31. The van der Waals surface area contributed by atoms with Crippen LogP contribution in [0.15, 0.2) is 133 Å². The van der Waals surface area contributed by atoms with Gasteiger partial charge < -0.3 is 0 Å². The zero-order valence-corrected chi connectivity index (χ0v) is 20.4. The van der Waals surface area contributed by atoms with Crippen LogP contribution >= 0.6 is 0 Å². The van der Waals surface area contributed by atoms with E-state index in [1.807, 2.05) is 18.2 Å². The second kappa shape index (κ2) is 10.6. The minimum Gasteiger partial charge on any atom is -0.195 e. The Morgan fingerprint density at radius 3 is 1.14 bits per heavy atom. The summed E-state index contributed by atoms with van der Waals surface area (Å²) in [5, 5.41) is 0. The molecule has 0 nitrogen and oxygen atoms in total. The fraction of sp³-hybridized carbons (Fsp3) is 0. The third-order valence-electron chi connectivity index (χ3n) is 6.93. The van der Waals surface area contributed by atoms with E-state index < -0.39 is 6.15 Å². The summed E-state index contributed by atoms with van der Waals surface area (Å²) in [6.45, 7) is 0. The standard InChI is InChI=1S/C36H24B/c1-3-29-26-30(4-2)28-32(27-29)21-20-31-22-24-36(25-23-31)37(33-14-8-5-9-15-33,34-16-10-6-11-17-34)35-18-12-7-13-19-35/h1-2,5-19,22-28H/q-1. The van der Waals surface area contributed by atoms with E-state index in [4.69, 9.17) is 12.8 Å². The smallest absolute Gasteiger partial charge is 0.108 e. The first kappa shape index (κ1) is 23.6. The van der Waals surface area contributed by atoms with Gasteiger partial charge in [-0.15, -0.1) is 12.8 Å². The molecule has 172 valence electrons. The van der Waals surface area contributed by atoms with Crippen molar-refractivity contribution in [1.29, 1.82) is 0 Å². The molecule has 0 amide bonds. The van der Waals surface area contributed by atoms with Gasteiger partial charge in [0.15, 0.2) is 0 Å². The van der Waals surface area contributed by atoms with Crippen molar-refractivity contribution in [1.82, 2.24) is 0 Å². The van der Waals surface area contributed by atoms with Crippen LogP contribution < -0.4 is 21.9 Å². The molecule has 0 spiro atoms. The SMILES string of the molecule is C#Cc1cc(C#C)cc(C#Cc2ccc([B-](c3ccccc3)(c3ccccc3)c3ccccc3)cc2)c1. The molecule has 0 N–H and O–H groups in total. The monoisotopic (exact) mass is 467 g/mol. The lowest BCUT2D eigenvalue weighted by atomic mass is 9.13. The largest absolute Gasteiger partial charge is 0.195 e. The summed E-state index contributed by atoms with van der Waals surface area (Å²) in [5.74, 6) is 11.8. The van der Waals surface area contributed by atoms with E-state index in [9.17, 15) is 0 Å². The minimum atomic E-state index is -1.40. The topological polar surface area (TPSA) is 0 Å². The maximum atomic E-state index is 5.59. The van der Waals surface area contributed by atoms with Gasteiger partial charge in [0.2, 0.25) is 0 Å². The molecule has 0 bridgehead atoms. The second-order valence-corrected chi connectivity index (χ2v) is 9.06. The van der Waals surface area contributed by atoms with Gasteiger partial charge in [-0.05, 0) is 30.3 Å². The van der Waals surface area contributed by atoms with Crippen molar-refractivity contribution >= 4 is 28.0 Å². The molecule has 0 aliphatic heterocycles. The second-order valence-electron chi connectivity index (χ2n) is 9.06. The molecule has 0 saturated carbocycles. The molecule has 0 fully saturated rings. The Labute approximate surface area is 220 Å². The van der Waals surface area contributed by atoms with Crippen molar-refractivity contribution in [3.63, 3.8) is 0 Å². The predicted molar refractivity (Wildman–Crippen MR) is 158 cm³/mol. The third-order valence-corrected chi connectivity index (χ3v) is 6.93. The highest BCUT2D eigenvalue weighted by molar-refractivity contribution is 7.19. The summed E-state index contributed by atoms with van der Waals surface area (Å²) in [5.41, 5.74) is 8.25. The van der Waals surface area contributed by atoms with Crippen LogP contribution in [0, 0.1) is 36.5 Å². The average molecular weight is 467 g/mol. The van der Waals surface area contributed by atoms with Crippen LogP contribution in [-0.2, 0) is 0 Å². The van der Waals surface area contributed by atoms with E-state index in [-0.39, 0.29) is 0 Å². The Balaban J connectivity index is 1.65. The maximum Gasteiger partial charge on any atom is 0.108 e. The van der Waals surface area contributed by atoms with Gasteiger partial charge in [0.1, 0.15) is 6.15 Å². The number of hydrogen-bond donors (Lipinski definition) is 0. The molecule has 5 aromatic carbocycles. The average Bonchev–Trinajstić information content (AvgIpc) is 2.98. The summed E-state index contributed by atoms with van der Waals surface area (Å²) >= 11 is 0. The summed E-state index contributed by atoms with van der Waals surface area (Å²) in [6, 6.07) is 46.5. The molecule has 0 saturated heterocycles. The van der Waals surface area contributed by atoms with Crippen LogP contribution in [0.5, 0.6) is 0 Å². The van der Waals surface area contributed by atoms with Gasteiger partial charge in [-0.2, -0.15) is 21.9 Å². The molecular formula is C36H24B-. The summed E-state index contributed by atoms with van der Waals surface area (Å²) in [6.07, 6.45) is 9.77. The molecule has 1 heteroatoms. The Hall–Kier alpha value is -5.16. The van der Waals surface area contributed by atoms with E-state index in [0.717, 1.165) is 22.3 Å². The number of benzene rings is 5. The first-order chi connectivity index (χ1) is 18.2. The quantitative estimate of drug-likeness (QED) is 0.271. The molecule has 0 aliphatic carbocycles. The van der Waals surface area contributed by atoms with Gasteiger partial charge in [0.25, 0.3) is 0 Å². The summed E-state index contributed by atoms with van der Waals surface area (Å²) in [4.78, 5) is 0. The molecule has 37 heavy (non-hydrogen) atoms. The normalized spacial score (nSPS) is 10.4. The molecule has 5 rings (SSSR count). The minimum absolute atomic E-state index is 0.733. The Bertz CT molecular complexity index is 1530. The first-order valence-electron chi connectivity index (χ1n) is 12.3. The zero-order valence-electron chi connectivity index (χ0n) is 20.4. The number of hydrogen-bond acceptors (Lipinski definition) is 0. The summed E-state index contributed by atoms with van der Waals surface area (Å²) in [7, 11) is 0. The Morgan fingerprint density at radius 2 is 0.730 bits per heavy atom. The van der Waals surface area contributed by atoms with E-state index in [1.54, 1.807) is 0 Å². The lowest BCUT2D eigenvalue weighted by Gasteiger charge is -2.44. The van der Waals surface area contributed by atoms with Gasteiger partial charge in [-0.3, -0.25) is 0 Å². The third kappa shape index (κ3) is 4.71. The molecule has 0 radical (unpaired) electrons. The highest BCUT2D eigenvalue weighted by atomic mass is 14.1. The predicted octanol–water partition coefficient (Wildman–Crippen LogP) is 4.43. The van der Waals surface area contributed by atoms with Crippen molar-refractivity contribution in [2.75, 3.05) is 0 Å². The lowest BCUT2D eigenvalue weighted by Crippen LogP contribution is -2.74. The fourth-order valence-corrected chi connectivity index (χ4v) is 5.25. The van der Waals surface area contributed by atoms with Crippen molar-refractivity contribution in [2.45, 2.75) is 0 Å². The molecule has 0 unspecified atom stereocenters. The van der Waals surface area contributed by atoms with Gasteiger partial charge in [0, 0.05) is 22.3 Å². The van der Waals surface area contributed by atoms with Crippen molar-refractivity contribution in [3.05, 3.63) is 156 Å². The molecular weight excluding hydrogens is 443 g/mol. The van der Waals surface area contributed by atoms with Gasteiger partial charge in [-0.1, -0.05) is 127 Å². The van der Waals surface area contributed by atoms with E-state index >= 15 is 0 Å². The number of rotatable bonds is 4. The van der Waals surface area contributed by atoms with Crippen molar-refractivity contribution in [3.8, 4) is 36.5 Å². The Morgan fingerprint density at radius 1 is 0.378 bits per heavy atom. The van der Waals surface area contributed by atoms with Gasteiger partial charge in [0.05, 0.1) is 0 Å². The summed E-state index contributed by atoms with van der Waals surface area (Å²) < 4.78 is 0. The Kier molecular flexibility index (Phi) is 6.77. The molecule has 0 atom stereocenters. The van der Waals surface area contributed by atoms with Crippen LogP contribution in [0.2, 0.25) is 0 Å². The molecule has 0 heterocycles. The molecule has 0 aliphatic rings. The van der Waals surface area contributed by atoms with Crippen LogP contribution in [0.25, 0.3) is 0 Å². The van der Waals surface area contributed by atoms with Gasteiger partial charge in [-0.25, -0.2) is 0 Å². The first-order valence-corrected chi connectivity index (χ1v) is 12.3. The van der Waals surface area contributed by atoms with E-state index in [2.05, 4.69) is 139 Å². The van der Waals surface area contributed by atoms with Crippen LogP contribution in [0.3, 0.4) is 0 Å². The highest BCUT2D eigenvalue weighted by Crippen LogP contribution is 2.11.